The van der Waals surface area contributed by atoms with Gasteiger partial charge < -0.3 is 9.47 Å². The van der Waals surface area contributed by atoms with Gasteiger partial charge in [-0.05, 0) is 31.6 Å². The molecule has 0 aromatic rings. The molecule has 0 aromatic heterocycles. The zero-order valence-electron chi connectivity index (χ0n) is 22.2. The fourth-order valence-corrected chi connectivity index (χ4v) is 4.85. The zero-order chi connectivity index (χ0) is 24.2. The van der Waals surface area contributed by atoms with Gasteiger partial charge in [-0.15, -0.1) is 0 Å². The lowest BCUT2D eigenvalue weighted by molar-refractivity contribution is -0.163. The van der Waals surface area contributed by atoms with Crippen molar-refractivity contribution in [2.45, 2.75) is 143 Å². The molecule has 2 atom stereocenters. The summed E-state index contributed by atoms with van der Waals surface area (Å²) >= 11 is 0. The molecule has 0 radical (unpaired) electrons. The number of carbonyl (C=O) groups is 2. The van der Waals surface area contributed by atoms with Gasteiger partial charge in [0.05, 0.1) is 25.0 Å². The number of carbonyl (C=O) groups excluding carboxylic acids is 2. The summed E-state index contributed by atoms with van der Waals surface area (Å²) in [4.78, 5) is 25.3. The summed E-state index contributed by atoms with van der Waals surface area (Å²) < 4.78 is 11.1. The van der Waals surface area contributed by atoms with E-state index in [1.54, 1.807) is 0 Å². The normalized spacial score (nSPS) is 18.4. The van der Waals surface area contributed by atoms with Crippen molar-refractivity contribution in [2.75, 3.05) is 13.2 Å². The quantitative estimate of drug-likeness (QED) is 0.133. The maximum absolute atomic E-state index is 12.6. The Kier molecular flexibility index (Phi) is 18.5. The Hall–Kier alpha value is -1.06. The predicted octanol–water partition coefficient (Wildman–Crippen LogP) is 8.41. The van der Waals surface area contributed by atoms with Gasteiger partial charge in [0.2, 0.25) is 0 Å². The third-order valence-corrected chi connectivity index (χ3v) is 7.03. The first kappa shape index (κ1) is 30.0. The Bertz CT molecular complexity index is 488. The van der Waals surface area contributed by atoms with E-state index in [0.29, 0.717) is 13.2 Å². The molecule has 1 rings (SSSR count). The van der Waals surface area contributed by atoms with E-state index in [1.807, 2.05) is 0 Å². The van der Waals surface area contributed by atoms with E-state index in [-0.39, 0.29) is 23.8 Å². The lowest BCUT2D eigenvalue weighted by Crippen LogP contribution is -2.35. The van der Waals surface area contributed by atoms with Crippen molar-refractivity contribution in [3.8, 4) is 0 Å². The number of unbranched alkanes of at least 4 members (excludes halogenated alkanes) is 12. The molecule has 0 N–H and O–H groups in total. The van der Waals surface area contributed by atoms with Gasteiger partial charge in [-0.2, -0.15) is 0 Å². The van der Waals surface area contributed by atoms with Gasteiger partial charge >= 0.3 is 11.9 Å². The lowest BCUT2D eigenvalue weighted by atomic mass is 9.79. The summed E-state index contributed by atoms with van der Waals surface area (Å²) in [7, 11) is 0. The standard InChI is InChI=1S/C29H54O4/c1-4-5-6-7-8-10-13-18-23-32-28(30)26-21-16-17-22-27(26)29(31)33-24-19-14-11-9-12-15-20-25(2)3/h25-27H,4-24H2,1-3H3. The zero-order valence-corrected chi connectivity index (χ0v) is 22.2. The van der Waals surface area contributed by atoms with Gasteiger partial charge in [-0.25, -0.2) is 0 Å². The van der Waals surface area contributed by atoms with Crippen LogP contribution in [0, 0.1) is 17.8 Å². The van der Waals surface area contributed by atoms with Crippen LogP contribution in [0.2, 0.25) is 0 Å². The molecule has 33 heavy (non-hydrogen) atoms. The maximum atomic E-state index is 12.6. The molecule has 4 heteroatoms. The van der Waals surface area contributed by atoms with E-state index < -0.39 is 0 Å². The van der Waals surface area contributed by atoms with E-state index in [2.05, 4.69) is 20.8 Å². The van der Waals surface area contributed by atoms with E-state index in [4.69, 9.17) is 9.47 Å². The highest BCUT2D eigenvalue weighted by Crippen LogP contribution is 2.32. The Labute approximate surface area is 205 Å². The van der Waals surface area contributed by atoms with Crippen molar-refractivity contribution >= 4 is 11.9 Å². The highest BCUT2D eigenvalue weighted by Gasteiger charge is 2.37. The monoisotopic (exact) mass is 466 g/mol. The molecule has 1 fully saturated rings. The third-order valence-electron chi connectivity index (χ3n) is 7.03. The first-order chi connectivity index (χ1) is 16.1. The molecular weight excluding hydrogens is 412 g/mol. The summed E-state index contributed by atoms with van der Waals surface area (Å²) in [5, 5.41) is 0. The number of hydrogen-bond donors (Lipinski definition) is 0. The van der Waals surface area contributed by atoms with Crippen molar-refractivity contribution < 1.29 is 19.1 Å². The Morgan fingerprint density at radius 3 is 1.45 bits per heavy atom. The number of esters is 2. The van der Waals surface area contributed by atoms with Crippen molar-refractivity contribution in [1.82, 2.24) is 0 Å². The molecule has 1 saturated carbocycles. The van der Waals surface area contributed by atoms with Crippen LogP contribution in [0.15, 0.2) is 0 Å². The summed E-state index contributed by atoms with van der Waals surface area (Å²) in [5.41, 5.74) is 0. The lowest BCUT2D eigenvalue weighted by Gasteiger charge is -2.28. The van der Waals surface area contributed by atoms with Crippen LogP contribution < -0.4 is 0 Å². The van der Waals surface area contributed by atoms with Gasteiger partial charge in [0.1, 0.15) is 0 Å². The van der Waals surface area contributed by atoms with Crippen molar-refractivity contribution in [1.29, 1.82) is 0 Å². The van der Waals surface area contributed by atoms with Gasteiger partial charge in [0.15, 0.2) is 0 Å². The van der Waals surface area contributed by atoms with Gasteiger partial charge in [-0.1, -0.05) is 117 Å². The van der Waals surface area contributed by atoms with Crippen LogP contribution in [0.1, 0.15) is 143 Å². The average molecular weight is 467 g/mol. The van der Waals surface area contributed by atoms with Crippen LogP contribution in [0.5, 0.6) is 0 Å². The SMILES string of the molecule is CCCCCCCCCCOC(=O)C1CCCCC1C(=O)OCCCCCCCCC(C)C. The Morgan fingerprint density at radius 2 is 1.03 bits per heavy atom. The van der Waals surface area contributed by atoms with Gasteiger partial charge in [-0.3, -0.25) is 9.59 Å². The topological polar surface area (TPSA) is 52.6 Å². The molecule has 0 bridgehead atoms. The minimum Gasteiger partial charge on any atom is -0.465 e. The summed E-state index contributed by atoms with van der Waals surface area (Å²) in [6, 6.07) is 0. The maximum Gasteiger partial charge on any atom is 0.309 e. The molecular formula is C29H54O4. The van der Waals surface area contributed by atoms with Crippen LogP contribution in [-0.4, -0.2) is 25.2 Å². The molecule has 0 heterocycles. The third kappa shape index (κ3) is 15.5. The van der Waals surface area contributed by atoms with Gasteiger partial charge in [0, 0.05) is 0 Å². The number of rotatable bonds is 20. The molecule has 0 aliphatic heterocycles. The Morgan fingerprint density at radius 1 is 0.636 bits per heavy atom. The molecule has 1 aliphatic rings. The molecule has 1 aliphatic carbocycles. The van der Waals surface area contributed by atoms with E-state index in [1.165, 1.54) is 70.6 Å². The van der Waals surface area contributed by atoms with Crippen LogP contribution in [0.3, 0.4) is 0 Å². The van der Waals surface area contributed by atoms with Crippen molar-refractivity contribution in [3.05, 3.63) is 0 Å². The highest BCUT2D eigenvalue weighted by atomic mass is 16.5. The number of hydrogen-bond acceptors (Lipinski definition) is 4. The highest BCUT2D eigenvalue weighted by molar-refractivity contribution is 5.82. The first-order valence-corrected chi connectivity index (χ1v) is 14.4. The van der Waals surface area contributed by atoms with Gasteiger partial charge in [0.25, 0.3) is 0 Å². The fraction of sp³-hybridized carbons (Fsp3) is 0.931. The minimum absolute atomic E-state index is 0.180. The summed E-state index contributed by atoms with van der Waals surface area (Å²) in [6.07, 6.45) is 21.8. The van der Waals surface area contributed by atoms with Crippen LogP contribution >= 0.6 is 0 Å². The largest absolute Gasteiger partial charge is 0.465 e. The van der Waals surface area contributed by atoms with Crippen LogP contribution in [-0.2, 0) is 19.1 Å². The van der Waals surface area contributed by atoms with Crippen LogP contribution in [0.4, 0.5) is 0 Å². The second-order valence-electron chi connectivity index (χ2n) is 10.6. The van der Waals surface area contributed by atoms with Crippen molar-refractivity contribution in [2.24, 2.45) is 17.8 Å². The molecule has 0 spiro atoms. The molecule has 0 saturated heterocycles. The van der Waals surface area contributed by atoms with E-state index in [9.17, 15) is 9.59 Å². The van der Waals surface area contributed by atoms with Crippen molar-refractivity contribution in [3.63, 3.8) is 0 Å². The predicted molar refractivity (Wildman–Crippen MR) is 137 cm³/mol. The van der Waals surface area contributed by atoms with E-state index >= 15 is 0 Å². The molecule has 4 nitrogen and oxygen atoms in total. The van der Waals surface area contributed by atoms with Crippen LogP contribution in [0.25, 0.3) is 0 Å². The summed E-state index contributed by atoms with van der Waals surface area (Å²) in [5.74, 6) is -0.167. The molecule has 194 valence electrons. The molecule has 2 unspecified atom stereocenters. The molecule has 0 amide bonds. The minimum atomic E-state index is -0.305. The Balaban J connectivity index is 2.14. The smallest absolute Gasteiger partial charge is 0.309 e. The first-order valence-electron chi connectivity index (χ1n) is 14.4. The van der Waals surface area contributed by atoms with E-state index in [0.717, 1.165) is 57.3 Å². The average Bonchev–Trinajstić information content (AvgIpc) is 2.81. The number of ether oxygens (including phenoxy) is 2. The second kappa shape index (κ2) is 20.3. The second-order valence-corrected chi connectivity index (χ2v) is 10.6. The fourth-order valence-electron chi connectivity index (χ4n) is 4.85. The summed E-state index contributed by atoms with van der Waals surface area (Å²) in [6.45, 7) is 7.78. The molecule has 0 aromatic carbocycles.